The molecule has 1 saturated carbocycles. The number of fused-ring (bicyclic) bond motifs is 1. The van der Waals surface area contributed by atoms with Crippen LogP contribution in [-0.4, -0.2) is 53.8 Å². The van der Waals surface area contributed by atoms with Crippen molar-refractivity contribution in [3.05, 3.63) is 0 Å². The van der Waals surface area contributed by atoms with Crippen LogP contribution in [-0.2, 0) is 4.79 Å². The van der Waals surface area contributed by atoms with E-state index in [-0.39, 0.29) is 10.7 Å². The summed E-state index contributed by atoms with van der Waals surface area (Å²) in [5, 5.41) is 0. The molecule has 2 rings (SSSR count). The smallest absolute Gasteiger partial charge is 0.236 e. The molecule has 0 radical (unpaired) electrons. The molecule has 1 saturated heterocycles. The highest BCUT2D eigenvalue weighted by Gasteiger charge is 2.57. The average molecular weight is 261 g/mol. The number of halogens is 1. The van der Waals surface area contributed by atoms with Crippen LogP contribution >= 0.6 is 15.9 Å². The Balaban J connectivity index is 1.87. The molecule has 0 aromatic rings. The van der Waals surface area contributed by atoms with Gasteiger partial charge in [-0.15, -0.1) is 0 Å². The first-order valence-electron chi connectivity index (χ1n) is 5.11. The van der Waals surface area contributed by atoms with Crippen molar-refractivity contribution >= 4 is 21.8 Å². The Morgan fingerprint density at radius 1 is 1.43 bits per heavy atom. The number of nitrogens with zero attached hydrogens (tertiary/aromatic N) is 2. The molecule has 1 amide bonds. The van der Waals surface area contributed by atoms with Gasteiger partial charge in [0.1, 0.15) is 0 Å². The molecule has 14 heavy (non-hydrogen) atoms. The van der Waals surface area contributed by atoms with E-state index in [9.17, 15) is 4.79 Å². The van der Waals surface area contributed by atoms with Crippen molar-refractivity contribution in [2.24, 2.45) is 11.8 Å². The third kappa shape index (κ3) is 1.58. The minimum atomic E-state index is -0.0298. The van der Waals surface area contributed by atoms with Gasteiger partial charge >= 0.3 is 0 Å². The standard InChI is InChI=1S/C10H17BrN2O/c1-6(11)10(14)13-4-7-8(5-13)9(7)12(2)3/h6-9H,4-5H2,1-3H3. The van der Waals surface area contributed by atoms with Crippen molar-refractivity contribution in [3.8, 4) is 0 Å². The molecule has 0 bridgehead atoms. The van der Waals surface area contributed by atoms with E-state index in [4.69, 9.17) is 0 Å². The molecule has 80 valence electrons. The molecule has 2 fully saturated rings. The van der Waals surface area contributed by atoms with E-state index in [0.29, 0.717) is 0 Å². The van der Waals surface area contributed by atoms with Gasteiger partial charge in [-0.3, -0.25) is 4.79 Å². The van der Waals surface area contributed by atoms with E-state index >= 15 is 0 Å². The van der Waals surface area contributed by atoms with Crippen LogP contribution in [0.3, 0.4) is 0 Å². The Kier molecular flexibility index (Phi) is 2.60. The molecule has 2 aliphatic rings. The van der Waals surface area contributed by atoms with Gasteiger partial charge in [0.05, 0.1) is 4.83 Å². The number of carbonyl (C=O) groups is 1. The molecule has 0 spiro atoms. The van der Waals surface area contributed by atoms with Crippen molar-refractivity contribution < 1.29 is 4.79 Å². The monoisotopic (exact) mass is 260 g/mol. The summed E-state index contributed by atoms with van der Waals surface area (Å²) in [7, 11) is 4.25. The minimum Gasteiger partial charge on any atom is -0.341 e. The van der Waals surface area contributed by atoms with Crippen molar-refractivity contribution in [2.45, 2.75) is 17.8 Å². The van der Waals surface area contributed by atoms with Crippen molar-refractivity contribution in [2.75, 3.05) is 27.2 Å². The van der Waals surface area contributed by atoms with Crippen LogP contribution in [0.4, 0.5) is 0 Å². The van der Waals surface area contributed by atoms with Gasteiger partial charge in [0.15, 0.2) is 0 Å². The highest BCUT2D eigenvalue weighted by atomic mass is 79.9. The summed E-state index contributed by atoms with van der Waals surface area (Å²) in [4.78, 5) is 15.9. The van der Waals surface area contributed by atoms with E-state index in [1.807, 2.05) is 11.8 Å². The van der Waals surface area contributed by atoms with Crippen LogP contribution in [0.25, 0.3) is 0 Å². The number of amides is 1. The van der Waals surface area contributed by atoms with E-state index in [1.54, 1.807) is 0 Å². The fraction of sp³-hybridized carbons (Fsp3) is 0.900. The number of carbonyl (C=O) groups excluding carboxylic acids is 1. The molecule has 1 aliphatic carbocycles. The van der Waals surface area contributed by atoms with E-state index in [0.717, 1.165) is 31.0 Å². The lowest BCUT2D eigenvalue weighted by atomic mass is 10.3. The second-order valence-corrected chi connectivity index (χ2v) is 6.01. The second-order valence-electron chi connectivity index (χ2n) is 4.64. The van der Waals surface area contributed by atoms with Crippen molar-refractivity contribution in [3.63, 3.8) is 0 Å². The third-order valence-corrected chi connectivity index (χ3v) is 3.79. The molecule has 3 atom stereocenters. The predicted molar refractivity (Wildman–Crippen MR) is 59.4 cm³/mol. The summed E-state index contributed by atoms with van der Waals surface area (Å²) in [6.45, 7) is 3.82. The van der Waals surface area contributed by atoms with Crippen molar-refractivity contribution in [1.29, 1.82) is 0 Å². The van der Waals surface area contributed by atoms with Gasteiger partial charge in [-0.05, 0) is 32.9 Å². The van der Waals surface area contributed by atoms with Gasteiger partial charge in [0.25, 0.3) is 0 Å². The maximum absolute atomic E-state index is 11.7. The lowest BCUT2D eigenvalue weighted by Crippen LogP contribution is -2.38. The molecular formula is C10H17BrN2O. The Hall–Kier alpha value is -0.0900. The van der Waals surface area contributed by atoms with Gasteiger partial charge in [-0.25, -0.2) is 0 Å². The van der Waals surface area contributed by atoms with Gasteiger partial charge in [-0.1, -0.05) is 15.9 Å². The minimum absolute atomic E-state index is 0.0298. The number of hydrogen-bond donors (Lipinski definition) is 0. The summed E-state index contributed by atoms with van der Waals surface area (Å²) in [5.74, 6) is 1.72. The first-order valence-corrected chi connectivity index (χ1v) is 6.03. The number of alkyl halides is 1. The quantitative estimate of drug-likeness (QED) is 0.686. The van der Waals surface area contributed by atoms with Crippen molar-refractivity contribution in [1.82, 2.24) is 9.80 Å². The first kappa shape index (κ1) is 10.4. The zero-order chi connectivity index (χ0) is 10.5. The second kappa shape index (κ2) is 3.49. The third-order valence-electron chi connectivity index (χ3n) is 3.40. The number of rotatable bonds is 2. The van der Waals surface area contributed by atoms with Crippen LogP contribution in [0.1, 0.15) is 6.92 Å². The summed E-state index contributed by atoms with van der Waals surface area (Å²) in [6.07, 6.45) is 0. The molecule has 0 N–H and O–H groups in total. The lowest BCUT2D eigenvalue weighted by Gasteiger charge is -2.23. The summed E-state index contributed by atoms with van der Waals surface area (Å²) in [5.41, 5.74) is 0. The Bertz CT molecular complexity index is 243. The highest BCUT2D eigenvalue weighted by molar-refractivity contribution is 9.10. The van der Waals surface area contributed by atoms with E-state index < -0.39 is 0 Å². The Labute approximate surface area is 93.6 Å². The van der Waals surface area contributed by atoms with Gasteiger partial charge in [0.2, 0.25) is 5.91 Å². The summed E-state index contributed by atoms with van der Waals surface area (Å²) < 4.78 is 0. The van der Waals surface area contributed by atoms with Gasteiger partial charge in [0, 0.05) is 19.1 Å². The molecule has 1 aliphatic heterocycles. The molecule has 3 unspecified atom stereocenters. The summed E-state index contributed by atoms with van der Waals surface area (Å²) >= 11 is 3.33. The average Bonchev–Trinajstić information content (AvgIpc) is 2.62. The highest BCUT2D eigenvalue weighted by Crippen LogP contribution is 2.48. The number of piperidine rings is 1. The van der Waals surface area contributed by atoms with Crippen LogP contribution in [0.5, 0.6) is 0 Å². The zero-order valence-electron chi connectivity index (χ0n) is 8.90. The number of likely N-dealkylation sites (tertiary alicyclic amines) is 1. The van der Waals surface area contributed by atoms with Crippen LogP contribution < -0.4 is 0 Å². The Morgan fingerprint density at radius 3 is 2.29 bits per heavy atom. The molecule has 0 aromatic heterocycles. The molecule has 0 aromatic carbocycles. The predicted octanol–water partition coefficient (Wildman–Crippen LogP) is 0.788. The van der Waals surface area contributed by atoms with E-state index in [2.05, 4.69) is 34.9 Å². The fourth-order valence-corrected chi connectivity index (χ4v) is 2.98. The largest absolute Gasteiger partial charge is 0.341 e. The van der Waals surface area contributed by atoms with Crippen LogP contribution in [0.15, 0.2) is 0 Å². The summed E-state index contributed by atoms with van der Waals surface area (Å²) in [6, 6.07) is 0.727. The van der Waals surface area contributed by atoms with Gasteiger partial charge in [-0.2, -0.15) is 0 Å². The zero-order valence-corrected chi connectivity index (χ0v) is 10.5. The molecular weight excluding hydrogens is 244 g/mol. The van der Waals surface area contributed by atoms with Crippen LogP contribution in [0, 0.1) is 11.8 Å². The number of hydrogen-bond acceptors (Lipinski definition) is 2. The SMILES string of the molecule is CC(Br)C(=O)N1CC2C(C1)C2N(C)C. The van der Waals surface area contributed by atoms with Crippen LogP contribution in [0.2, 0.25) is 0 Å². The molecule has 1 heterocycles. The fourth-order valence-electron chi connectivity index (χ4n) is 2.69. The molecule has 3 nitrogen and oxygen atoms in total. The lowest BCUT2D eigenvalue weighted by molar-refractivity contribution is -0.129. The normalized spacial score (nSPS) is 37.2. The topological polar surface area (TPSA) is 23.6 Å². The maximum Gasteiger partial charge on any atom is 0.236 e. The van der Waals surface area contributed by atoms with Gasteiger partial charge < -0.3 is 9.80 Å². The first-order chi connectivity index (χ1) is 6.52. The molecule has 4 heteroatoms. The Morgan fingerprint density at radius 2 is 1.93 bits per heavy atom. The van der Waals surface area contributed by atoms with E-state index in [1.165, 1.54) is 0 Å². The maximum atomic E-state index is 11.7.